The molecule has 1 aliphatic rings. The maximum absolute atomic E-state index is 12.4. The van der Waals surface area contributed by atoms with Crippen molar-refractivity contribution in [1.29, 1.82) is 0 Å². The fourth-order valence-corrected chi connectivity index (χ4v) is 2.38. The molecule has 2 aromatic rings. The Bertz CT molecular complexity index is 611. The molecule has 3 rings (SSSR count). The van der Waals surface area contributed by atoms with E-state index in [1.54, 1.807) is 11.9 Å². The highest BCUT2D eigenvalue weighted by molar-refractivity contribution is 5.82. The number of nitrogens with zero attached hydrogens (tertiary/aromatic N) is 2. The normalized spacial score (nSPS) is 16.6. The highest BCUT2D eigenvalue weighted by atomic mass is 16.5. The largest absolute Gasteiger partial charge is 0.480 e. The van der Waals surface area contributed by atoms with Crippen LogP contribution in [-0.4, -0.2) is 29.1 Å². The smallest absolute Gasteiger partial charge is 0.264 e. The average Bonchev–Trinajstić information content (AvgIpc) is 3.03. The second kappa shape index (κ2) is 5.00. The molecular weight excluding hydrogens is 256 g/mol. The van der Waals surface area contributed by atoms with Gasteiger partial charge >= 0.3 is 0 Å². The van der Waals surface area contributed by atoms with E-state index < -0.39 is 6.10 Å². The summed E-state index contributed by atoms with van der Waals surface area (Å²) >= 11 is 0. The van der Waals surface area contributed by atoms with Crippen molar-refractivity contribution in [2.24, 2.45) is 0 Å². The zero-order valence-electron chi connectivity index (χ0n) is 11.5. The van der Waals surface area contributed by atoms with Crippen LogP contribution in [-0.2, 0) is 17.8 Å². The molecule has 1 atom stereocenters. The maximum Gasteiger partial charge on any atom is 0.264 e. The first kappa shape index (κ1) is 12.7. The second-order valence-corrected chi connectivity index (χ2v) is 5.04. The Morgan fingerprint density at radius 3 is 2.95 bits per heavy atom. The zero-order valence-corrected chi connectivity index (χ0v) is 11.5. The molecule has 0 radical (unpaired) electrons. The summed E-state index contributed by atoms with van der Waals surface area (Å²) < 4.78 is 10.7. The summed E-state index contributed by atoms with van der Waals surface area (Å²) in [5, 5.41) is 3.89. The predicted octanol–water partition coefficient (Wildman–Crippen LogP) is 1.95. The van der Waals surface area contributed by atoms with Crippen molar-refractivity contribution in [3.63, 3.8) is 0 Å². The number of likely N-dealkylation sites (N-methyl/N-ethyl adjacent to an activating group) is 1. The third-order valence-electron chi connectivity index (χ3n) is 3.37. The molecular formula is C15H16N2O3. The molecule has 1 amide bonds. The molecule has 2 heterocycles. The number of hydrogen-bond donors (Lipinski definition) is 0. The first-order valence-electron chi connectivity index (χ1n) is 6.55. The van der Waals surface area contributed by atoms with Crippen LogP contribution >= 0.6 is 0 Å². The van der Waals surface area contributed by atoms with Crippen molar-refractivity contribution >= 4 is 5.91 Å². The first-order chi connectivity index (χ1) is 9.63. The summed E-state index contributed by atoms with van der Waals surface area (Å²) in [5.41, 5.74) is 1.82. The van der Waals surface area contributed by atoms with Gasteiger partial charge in [-0.3, -0.25) is 4.79 Å². The van der Waals surface area contributed by atoms with Gasteiger partial charge in [-0.15, -0.1) is 0 Å². The molecule has 0 saturated heterocycles. The monoisotopic (exact) mass is 272 g/mol. The van der Waals surface area contributed by atoms with Crippen molar-refractivity contribution in [1.82, 2.24) is 10.1 Å². The van der Waals surface area contributed by atoms with Crippen molar-refractivity contribution in [2.45, 2.75) is 26.0 Å². The molecule has 0 saturated carbocycles. The number of carbonyl (C=O) groups excluding carboxylic acids is 1. The van der Waals surface area contributed by atoms with Crippen molar-refractivity contribution in [3.05, 3.63) is 47.3 Å². The number of amides is 1. The van der Waals surface area contributed by atoms with Crippen LogP contribution in [0.15, 0.2) is 34.9 Å². The van der Waals surface area contributed by atoms with E-state index in [0.717, 1.165) is 22.8 Å². The van der Waals surface area contributed by atoms with E-state index in [9.17, 15) is 4.79 Å². The number of fused-ring (bicyclic) bond motifs is 1. The number of hydrogen-bond acceptors (Lipinski definition) is 4. The Balaban J connectivity index is 1.65. The summed E-state index contributed by atoms with van der Waals surface area (Å²) in [6.07, 6.45) is 0.183. The van der Waals surface area contributed by atoms with E-state index in [-0.39, 0.29) is 5.91 Å². The number of benzene rings is 1. The van der Waals surface area contributed by atoms with E-state index in [4.69, 9.17) is 9.26 Å². The van der Waals surface area contributed by atoms with Gasteiger partial charge in [-0.05, 0) is 18.6 Å². The zero-order chi connectivity index (χ0) is 14.1. The molecule has 5 nitrogen and oxygen atoms in total. The minimum Gasteiger partial charge on any atom is -0.480 e. The quantitative estimate of drug-likeness (QED) is 0.857. The first-order valence-corrected chi connectivity index (χ1v) is 6.55. The molecule has 0 N–H and O–H groups in total. The molecule has 104 valence electrons. The van der Waals surface area contributed by atoms with E-state index in [2.05, 4.69) is 5.16 Å². The van der Waals surface area contributed by atoms with Crippen LogP contribution in [0.25, 0.3) is 0 Å². The molecule has 0 spiro atoms. The lowest BCUT2D eigenvalue weighted by Crippen LogP contribution is -2.38. The van der Waals surface area contributed by atoms with Gasteiger partial charge in [0.05, 0.1) is 6.54 Å². The van der Waals surface area contributed by atoms with Gasteiger partial charge in [0.2, 0.25) is 0 Å². The molecule has 0 unspecified atom stereocenters. The Labute approximate surface area is 117 Å². The van der Waals surface area contributed by atoms with Crippen LogP contribution < -0.4 is 4.74 Å². The standard InChI is InChI=1S/C15H16N2O3/c1-10-7-12(16-20-10)9-17(2)15(18)14-8-11-5-3-4-6-13(11)19-14/h3-7,14H,8-9H2,1-2H3/t14-/m1/s1. The van der Waals surface area contributed by atoms with Gasteiger partial charge in [0.25, 0.3) is 5.91 Å². The average molecular weight is 272 g/mol. The minimum absolute atomic E-state index is 0.0400. The number of para-hydroxylation sites is 1. The third kappa shape index (κ3) is 2.39. The van der Waals surface area contributed by atoms with Gasteiger partial charge < -0.3 is 14.2 Å². The number of aryl methyl sites for hydroxylation is 1. The lowest BCUT2D eigenvalue weighted by molar-refractivity contribution is -0.137. The molecule has 20 heavy (non-hydrogen) atoms. The van der Waals surface area contributed by atoms with Gasteiger partial charge in [-0.1, -0.05) is 23.4 Å². The Morgan fingerprint density at radius 1 is 1.45 bits per heavy atom. The van der Waals surface area contributed by atoms with Crippen LogP contribution in [0.5, 0.6) is 5.75 Å². The van der Waals surface area contributed by atoms with Gasteiger partial charge in [-0.2, -0.15) is 0 Å². The number of ether oxygens (including phenoxy) is 1. The summed E-state index contributed by atoms with van der Waals surface area (Å²) in [7, 11) is 1.75. The number of aromatic nitrogens is 1. The van der Waals surface area contributed by atoms with Gasteiger partial charge in [0, 0.05) is 19.5 Å². The highest BCUT2D eigenvalue weighted by Gasteiger charge is 2.31. The SMILES string of the molecule is Cc1cc(CN(C)C(=O)[C@H]2Cc3ccccc3O2)no1. The van der Waals surface area contributed by atoms with E-state index in [0.29, 0.717) is 13.0 Å². The van der Waals surface area contributed by atoms with Crippen LogP contribution in [0.4, 0.5) is 0 Å². The minimum atomic E-state index is -0.439. The topological polar surface area (TPSA) is 55.6 Å². The molecule has 1 aromatic heterocycles. The van der Waals surface area contributed by atoms with Gasteiger partial charge in [-0.25, -0.2) is 0 Å². The second-order valence-electron chi connectivity index (χ2n) is 5.04. The fraction of sp³-hybridized carbons (Fsp3) is 0.333. The lowest BCUT2D eigenvalue weighted by Gasteiger charge is -2.19. The third-order valence-corrected chi connectivity index (χ3v) is 3.37. The summed E-state index contributed by atoms with van der Waals surface area (Å²) in [6, 6.07) is 9.58. The summed E-state index contributed by atoms with van der Waals surface area (Å²) in [6.45, 7) is 2.25. The molecule has 0 fully saturated rings. The van der Waals surface area contributed by atoms with E-state index >= 15 is 0 Å². The van der Waals surface area contributed by atoms with Gasteiger partial charge in [0.1, 0.15) is 17.2 Å². The number of carbonyl (C=O) groups is 1. The Morgan fingerprint density at radius 2 is 2.25 bits per heavy atom. The Hall–Kier alpha value is -2.30. The molecule has 1 aromatic carbocycles. The van der Waals surface area contributed by atoms with Gasteiger partial charge in [0.15, 0.2) is 6.10 Å². The maximum atomic E-state index is 12.4. The van der Waals surface area contributed by atoms with Crippen LogP contribution in [0, 0.1) is 6.92 Å². The predicted molar refractivity (Wildman–Crippen MR) is 72.3 cm³/mol. The summed E-state index contributed by atoms with van der Waals surface area (Å²) in [4.78, 5) is 14.0. The molecule has 1 aliphatic heterocycles. The molecule has 5 heteroatoms. The van der Waals surface area contributed by atoms with Crippen LogP contribution in [0.2, 0.25) is 0 Å². The van der Waals surface area contributed by atoms with Crippen LogP contribution in [0.1, 0.15) is 17.0 Å². The fourth-order valence-electron chi connectivity index (χ4n) is 2.38. The molecule has 0 bridgehead atoms. The van der Waals surface area contributed by atoms with E-state index in [1.165, 1.54) is 0 Å². The number of rotatable bonds is 3. The lowest BCUT2D eigenvalue weighted by atomic mass is 10.1. The van der Waals surface area contributed by atoms with Crippen LogP contribution in [0.3, 0.4) is 0 Å². The van der Waals surface area contributed by atoms with E-state index in [1.807, 2.05) is 37.3 Å². The Kier molecular flexibility index (Phi) is 3.18. The van der Waals surface area contributed by atoms with Crippen molar-refractivity contribution < 1.29 is 14.1 Å². The summed E-state index contributed by atoms with van der Waals surface area (Å²) in [5.74, 6) is 1.50. The van der Waals surface area contributed by atoms with Crippen molar-refractivity contribution in [2.75, 3.05) is 7.05 Å². The molecule has 0 aliphatic carbocycles. The van der Waals surface area contributed by atoms with Crippen molar-refractivity contribution in [3.8, 4) is 5.75 Å². The highest BCUT2D eigenvalue weighted by Crippen LogP contribution is 2.28.